The highest BCUT2D eigenvalue weighted by Crippen LogP contribution is 2.30. The number of benzene rings is 1. The summed E-state index contributed by atoms with van der Waals surface area (Å²) in [7, 11) is 0. The monoisotopic (exact) mass is 365 g/mol. The van der Waals surface area contributed by atoms with Crippen molar-refractivity contribution in [1.29, 1.82) is 0 Å². The van der Waals surface area contributed by atoms with Crippen LogP contribution in [0.1, 0.15) is 21.6 Å². The van der Waals surface area contributed by atoms with Crippen molar-refractivity contribution in [2.75, 3.05) is 0 Å². The van der Waals surface area contributed by atoms with Crippen molar-refractivity contribution < 1.29 is 18.0 Å². The Hall–Kier alpha value is -2.25. The molecule has 0 atom stereocenters. The molecule has 0 fully saturated rings. The second kappa shape index (κ2) is 6.70. The molecule has 0 unspecified atom stereocenters. The second-order valence-electron chi connectivity index (χ2n) is 4.87. The topological polar surface area (TPSA) is 30.0 Å². The number of allylic oxidation sites excluding steroid dienone is 1. The van der Waals surface area contributed by atoms with Crippen molar-refractivity contribution in [1.82, 2.24) is 4.98 Å². The van der Waals surface area contributed by atoms with Crippen LogP contribution in [-0.4, -0.2) is 10.8 Å². The molecule has 0 N–H and O–H groups in total. The molecule has 0 spiro atoms. The number of nitrogens with zero attached hydrogens (tertiary/aromatic N) is 1. The molecule has 24 heavy (non-hydrogen) atoms. The summed E-state index contributed by atoms with van der Waals surface area (Å²) < 4.78 is 38.0. The number of thiazole rings is 1. The van der Waals surface area contributed by atoms with Crippen LogP contribution in [0.15, 0.2) is 52.5 Å². The first-order valence-electron chi connectivity index (χ1n) is 6.81. The molecule has 0 radical (unpaired) electrons. The number of hydrogen-bond acceptors (Lipinski definition) is 4. The third-order valence-electron chi connectivity index (χ3n) is 3.17. The van der Waals surface area contributed by atoms with Crippen LogP contribution in [0, 0.1) is 0 Å². The molecule has 3 aromatic rings. The molecule has 7 heteroatoms. The Labute approximate surface area is 143 Å². The Morgan fingerprint density at radius 2 is 2.00 bits per heavy atom. The van der Waals surface area contributed by atoms with Gasteiger partial charge in [-0.15, -0.1) is 11.3 Å². The summed E-state index contributed by atoms with van der Waals surface area (Å²) in [6.07, 6.45) is -1.72. The van der Waals surface area contributed by atoms with Gasteiger partial charge >= 0.3 is 6.18 Å². The van der Waals surface area contributed by atoms with Crippen LogP contribution >= 0.6 is 22.7 Å². The van der Waals surface area contributed by atoms with Gasteiger partial charge in [0.05, 0.1) is 11.3 Å². The average Bonchev–Trinajstić information content (AvgIpc) is 3.23. The number of carbonyl (C=O) groups is 1. The maximum atomic E-state index is 12.7. The highest BCUT2D eigenvalue weighted by atomic mass is 32.1. The number of hydrogen-bond donors (Lipinski definition) is 0. The van der Waals surface area contributed by atoms with Gasteiger partial charge in [0.15, 0.2) is 5.78 Å². The molecule has 2 nitrogen and oxygen atoms in total. The van der Waals surface area contributed by atoms with Crippen LogP contribution < -0.4 is 0 Å². The summed E-state index contributed by atoms with van der Waals surface area (Å²) in [6.45, 7) is 0. The van der Waals surface area contributed by atoms with E-state index in [1.807, 2.05) is 16.8 Å². The number of aromatic nitrogens is 1. The summed E-state index contributed by atoms with van der Waals surface area (Å²) in [6, 6.07) is 6.32. The van der Waals surface area contributed by atoms with Crippen molar-refractivity contribution in [3.63, 3.8) is 0 Å². The fourth-order valence-corrected chi connectivity index (χ4v) is 3.49. The molecular weight excluding hydrogens is 355 g/mol. The number of alkyl halides is 3. The lowest BCUT2D eigenvalue weighted by atomic mass is 10.1. The predicted octanol–water partition coefficient (Wildman–Crippen LogP) is 5.79. The van der Waals surface area contributed by atoms with Crippen molar-refractivity contribution >= 4 is 34.5 Å². The van der Waals surface area contributed by atoms with Gasteiger partial charge in [0.25, 0.3) is 0 Å². The van der Waals surface area contributed by atoms with Gasteiger partial charge in [0.1, 0.15) is 5.01 Å². The summed E-state index contributed by atoms with van der Waals surface area (Å²) in [5, 5.41) is 6.55. The van der Waals surface area contributed by atoms with Gasteiger partial charge in [-0.25, -0.2) is 4.98 Å². The first-order valence-corrected chi connectivity index (χ1v) is 8.63. The van der Waals surface area contributed by atoms with Crippen molar-refractivity contribution in [2.24, 2.45) is 0 Å². The highest BCUT2D eigenvalue weighted by molar-refractivity contribution is 7.14. The Morgan fingerprint density at radius 3 is 2.71 bits per heavy atom. The first-order chi connectivity index (χ1) is 11.4. The van der Waals surface area contributed by atoms with E-state index in [1.54, 1.807) is 16.7 Å². The normalized spacial score (nSPS) is 12.0. The summed E-state index contributed by atoms with van der Waals surface area (Å²) in [5.74, 6) is -0.494. The molecule has 3 rings (SSSR count). The van der Waals surface area contributed by atoms with E-state index < -0.39 is 17.5 Å². The second-order valence-corrected chi connectivity index (χ2v) is 6.50. The minimum atomic E-state index is -4.47. The zero-order valence-corrected chi connectivity index (χ0v) is 13.7. The molecule has 0 aliphatic rings. The quantitative estimate of drug-likeness (QED) is 0.433. The Morgan fingerprint density at radius 1 is 1.17 bits per heavy atom. The van der Waals surface area contributed by atoms with E-state index in [0.717, 1.165) is 22.7 Å². The largest absolute Gasteiger partial charge is 0.416 e. The molecule has 0 aliphatic heterocycles. The van der Waals surface area contributed by atoms with Gasteiger partial charge in [-0.1, -0.05) is 12.1 Å². The maximum Gasteiger partial charge on any atom is 0.416 e. The van der Waals surface area contributed by atoms with E-state index in [0.29, 0.717) is 5.69 Å². The number of ketones is 1. The van der Waals surface area contributed by atoms with Gasteiger partial charge in [-0.2, -0.15) is 24.5 Å². The molecule has 0 bridgehead atoms. The third-order valence-corrected chi connectivity index (χ3v) is 4.76. The molecule has 0 aliphatic carbocycles. The van der Waals surface area contributed by atoms with Crippen molar-refractivity contribution in [3.05, 3.63) is 69.4 Å². The lowest BCUT2D eigenvalue weighted by Crippen LogP contribution is -2.06. The van der Waals surface area contributed by atoms with E-state index >= 15 is 0 Å². The van der Waals surface area contributed by atoms with E-state index in [4.69, 9.17) is 0 Å². The fraction of sp³-hybridized carbons (Fsp3) is 0.0588. The highest BCUT2D eigenvalue weighted by Gasteiger charge is 2.30. The summed E-state index contributed by atoms with van der Waals surface area (Å²) >= 11 is 3.01. The van der Waals surface area contributed by atoms with Gasteiger partial charge in [-0.05, 0) is 35.7 Å². The van der Waals surface area contributed by atoms with E-state index in [-0.39, 0.29) is 5.56 Å². The van der Waals surface area contributed by atoms with Crippen LogP contribution in [-0.2, 0) is 6.18 Å². The smallest absolute Gasteiger partial charge is 0.289 e. The minimum absolute atomic E-state index is 0.00522. The van der Waals surface area contributed by atoms with E-state index in [2.05, 4.69) is 4.98 Å². The van der Waals surface area contributed by atoms with Crippen LogP contribution in [0.3, 0.4) is 0 Å². The Kier molecular flexibility index (Phi) is 4.64. The van der Waals surface area contributed by atoms with Gasteiger partial charge in [-0.3, -0.25) is 4.79 Å². The lowest BCUT2D eigenvalue weighted by molar-refractivity contribution is -0.137. The van der Waals surface area contributed by atoms with Crippen molar-refractivity contribution in [3.8, 4) is 10.6 Å². The summed E-state index contributed by atoms with van der Waals surface area (Å²) in [4.78, 5) is 16.4. The predicted molar refractivity (Wildman–Crippen MR) is 90.2 cm³/mol. The Balaban J connectivity index is 1.76. The summed E-state index contributed by atoms with van der Waals surface area (Å²) in [5.41, 5.74) is 0.764. The minimum Gasteiger partial charge on any atom is -0.289 e. The maximum absolute atomic E-state index is 12.7. The molecule has 0 amide bonds. The zero-order chi connectivity index (χ0) is 17.2. The SMILES string of the molecule is O=C(/C=C/c1csc(-c2ccsc2)n1)c1cccc(C(F)(F)F)c1. The van der Waals surface area contributed by atoms with Gasteiger partial charge < -0.3 is 0 Å². The number of carbonyl (C=O) groups excluding carboxylic acids is 1. The third kappa shape index (κ3) is 3.80. The van der Waals surface area contributed by atoms with E-state index in [9.17, 15) is 18.0 Å². The van der Waals surface area contributed by atoms with Crippen LogP contribution in [0.4, 0.5) is 13.2 Å². The van der Waals surface area contributed by atoms with Crippen molar-refractivity contribution in [2.45, 2.75) is 6.18 Å². The zero-order valence-electron chi connectivity index (χ0n) is 12.1. The molecular formula is C17H10F3NOS2. The number of halogens is 3. The first kappa shape index (κ1) is 16.6. The molecule has 0 saturated heterocycles. The van der Waals surface area contributed by atoms with Crippen LogP contribution in [0.25, 0.3) is 16.6 Å². The van der Waals surface area contributed by atoms with Gasteiger partial charge in [0, 0.05) is 21.9 Å². The number of rotatable bonds is 4. The Bertz CT molecular complexity index is 879. The molecule has 122 valence electrons. The standard InChI is InChI=1S/C17H10F3NOS2/c18-17(19,20)13-3-1-2-11(8-13)15(22)5-4-14-10-24-16(21-14)12-6-7-23-9-12/h1-10H/b5-4+. The van der Waals surface area contributed by atoms with Crippen LogP contribution in [0.5, 0.6) is 0 Å². The molecule has 2 heterocycles. The molecule has 0 saturated carbocycles. The van der Waals surface area contributed by atoms with Crippen LogP contribution in [0.2, 0.25) is 0 Å². The molecule has 1 aromatic carbocycles. The van der Waals surface area contributed by atoms with E-state index in [1.165, 1.54) is 35.6 Å². The fourth-order valence-electron chi connectivity index (χ4n) is 1.99. The lowest BCUT2D eigenvalue weighted by Gasteiger charge is -2.06. The molecule has 2 aromatic heterocycles. The average molecular weight is 365 g/mol. The van der Waals surface area contributed by atoms with Gasteiger partial charge in [0.2, 0.25) is 0 Å². The number of thiophene rings is 1.